The van der Waals surface area contributed by atoms with Gasteiger partial charge in [-0.15, -0.1) is 0 Å². The van der Waals surface area contributed by atoms with Crippen LogP contribution in [-0.4, -0.2) is 11.0 Å². The monoisotopic (exact) mass is 290 g/mol. The topological polar surface area (TPSA) is 80.0 Å². The molecule has 2 aromatic rings. The van der Waals surface area contributed by atoms with Crippen molar-refractivity contribution in [1.82, 2.24) is 4.98 Å². The van der Waals surface area contributed by atoms with Crippen molar-refractivity contribution in [1.29, 1.82) is 0 Å². The van der Waals surface area contributed by atoms with Crippen LogP contribution in [0.3, 0.4) is 0 Å². The number of hydrogen-bond acceptors (Lipinski definition) is 3. The van der Waals surface area contributed by atoms with Gasteiger partial charge >= 0.3 is 6.03 Å². The van der Waals surface area contributed by atoms with E-state index in [2.05, 4.69) is 15.6 Å². The van der Waals surface area contributed by atoms with Crippen LogP contribution in [0.15, 0.2) is 42.7 Å². The zero-order valence-corrected chi connectivity index (χ0v) is 11.7. The minimum Gasteiger partial charge on any atom is -0.376 e. The number of pyridine rings is 1. The predicted octanol–water partition coefficient (Wildman–Crippen LogP) is 3.40. The maximum Gasteiger partial charge on any atom is 0.316 e. The van der Waals surface area contributed by atoms with E-state index in [4.69, 9.17) is 17.3 Å². The smallest absolute Gasteiger partial charge is 0.316 e. The van der Waals surface area contributed by atoms with Gasteiger partial charge < -0.3 is 16.4 Å². The molecule has 0 spiro atoms. The van der Waals surface area contributed by atoms with Crippen LogP contribution in [-0.2, 0) is 0 Å². The van der Waals surface area contributed by atoms with Gasteiger partial charge in [0, 0.05) is 17.9 Å². The van der Waals surface area contributed by atoms with Crippen LogP contribution in [0.2, 0.25) is 5.02 Å². The van der Waals surface area contributed by atoms with Gasteiger partial charge in [0.1, 0.15) is 0 Å². The van der Waals surface area contributed by atoms with Crippen LogP contribution in [0.25, 0.3) is 0 Å². The second-order valence-corrected chi connectivity index (χ2v) is 4.74. The van der Waals surface area contributed by atoms with E-state index < -0.39 is 6.03 Å². The standard InChI is InChI=1S/C14H15ClN4O/c1-9(18-13-8-17-7-6-12(13)15)10-2-4-11(5-3-10)19-14(16)20/h2-9,18H,1H3,(H3,16,19,20). The third-order valence-corrected chi connectivity index (χ3v) is 3.15. The average Bonchev–Trinajstić information content (AvgIpc) is 2.41. The molecule has 0 saturated heterocycles. The molecule has 0 radical (unpaired) electrons. The Hall–Kier alpha value is -2.27. The lowest BCUT2D eigenvalue weighted by Crippen LogP contribution is -2.19. The number of nitrogens with zero attached hydrogens (tertiary/aromatic N) is 1. The quantitative estimate of drug-likeness (QED) is 0.807. The molecule has 1 aromatic carbocycles. The maximum atomic E-state index is 10.7. The summed E-state index contributed by atoms with van der Waals surface area (Å²) in [4.78, 5) is 14.8. The molecular formula is C14H15ClN4O. The van der Waals surface area contributed by atoms with Crippen molar-refractivity contribution in [2.45, 2.75) is 13.0 Å². The Morgan fingerprint density at radius 3 is 2.60 bits per heavy atom. The summed E-state index contributed by atoms with van der Waals surface area (Å²) in [6, 6.07) is 8.62. The van der Waals surface area contributed by atoms with Gasteiger partial charge in [-0.25, -0.2) is 4.79 Å². The highest BCUT2D eigenvalue weighted by atomic mass is 35.5. The first-order chi connectivity index (χ1) is 9.56. The molecule has 0 aliphatic carbocycles. The van der Waals surface area contributed by atoms with Crippen molar-refractivity contribution in [2.75, 3.05) is 10.6 Å². The lowest BCUT2D eigenvalue weighted by atomic mass is 10.1. The fraction of sp³-hybridized carbons (Fsp3) is 0.143. The first kappa shape index (κ1) is 14.1. The van der Waals surface area contributed by atoms with Crippen molar-refractivity contribution < 1.29 is 4.79 Å². The van der Waals surface area contributed by atoms with Gasteiger partial charge in [-0.2, -0.15) is 0 Å². The summed E-state index contributed by atoms with van der Waals surface area (Å²) in [5, 5.41) is 6.42. The number of halogens is 1. The fourth-order valence-corrected chi connectivity index (χ4v) is 1.96. The zero-order chi connectivity index (χ0) is 14.5. The zero-order valence-electron chi connectivity index (χ0n) is 10.9. The Balaban J connectivity index is 2.08. The average molecular weight is 291 g/mol. The number of nitrogens with one attached hydrogen (secondary N) is 2. The van der Waals surface area contributed by atoms with E-state index in [1.807, 2.05) is 19.1 Å². The van der Waals surface area contributed by atoms with Crippen LogP contribution in [0.5, 0.6) is 0 Å². The Morgan fingerprint density at radius 1 is 1.30 bits per heavy atom. The Kier molecular flexibility index (Phi) is 4.42. The molecule has 1 atom stereocenters. The summed E-state index contributed by atoms with van der Waals surface area (Å²) in [6.07, 6.45) is 3.32. The molecule has 1 heterocycles. The normalized spacial score (nSPS) is 11.7. The third-order valence-electron chi connectivity index (χ3n) is 2.82. The van der Waals surface area contributed by atoms with Crippen LogP contribution in [0.1, 0.15) is 18.5 Å². The van der Waals surface area contributed by atoms with E-state index in [0.717, 1.165) is 11.3 Å². The van der Waals surface area contributed by atoms with E-state index in [0.29, 0.717) is 10.7 Å². The fourth-order valence-electron chi connectivity index (χ4n) is 1.80. The molecule has 20 heavy (non-hydrogen) atoms. The first-order valence-electron chi connectivity index (χ1n) is 6.08. The highest BCUT2D eigenvalue weighted by Crippen LogP contribution is 2.25. The molecular weight excluding hydrogens is 276 g/mol. The molecule has 4 N–H and O–H groups in total. The van der Waals surface area contributed by atoms with E-state index >= 15 is 0 Å². The van der Waals surface area contributed by atoms with Crippen molar-refractivity contribution in [3.05, 3.63) is 53.3 Å². The van der Waals surface area contributed by atoms with Crippen LogP contribution in [0, 0.1) is 0 Å². The lowest BCUT2D eigenvalue weighted by molar-refractivity contribution is 0.259. The van der Waals surface area contributed by atoms with E-state index in [-0.39, 0.29) is 6.04 Å². The van der Waals surface area contributed by atoms with Gasteiger partial charge in [-0.05, 0) is 30.7 Å². The summed E-state index contributed by atoms with van der Waals surface area (Å²) < 4.78 is 0. The number of nitrogens with two attached hydrogens (primary N) is 1. The van der Waals surface area contributed by atoms with E-state index in [1.165, 1.54) is 0 Å². The number of urea groups is 1. The molecule has 0 fully saturated rings. The van der Waals surface area contributed by atoms with E-state index in [9.17, 15) is 4.79 Å². The van der Waals surface area contributed by atoms with Crippen molar-refractivity contribution in [2.24, 2.45) is 5.73 Å². The minimum atomic E-state index is -0.578. The number of benzene rings is 1. The lowest BCUT2D eigenvalue weighted by Gasteiger charge is -2.16. The van der Waals surface area contributed by atoms with E-state index in [1.54, 1.807) is 30.6 Å². The molecule has 6 heteroatoms. The Labute approximate surface area is 122 Å². The van der Waals surface area contributed by atoms with Gasteiger partial charge in [0.05, 0.1) is 16.9 Å². The summed E-state index contributed by atoms with van der Waals surface area (Å²) in [5.41, 5.74) is 7.55. The number of carbonyl (C=O) groups excluding carboxylic acids is 1. The molecule has 0 saturated carbocycles. The molecule has 1 aromatic heterocycles. The number of primary amides is 1. The van der Waals surface area contributed by atoms with Gasteiger partial charge in [-0.1, -0.05) is 23.7 Å². The van der Waals surface area contributed by atoms with Gasteiger partial charge in [0.2, 0.25) is 0 Å². The Morgan fingerprint density at radius 2 is 2.00 bits per heavy atom. The first-order valence-corrected chi connectivity index (χ1v) is 6.46. The SMILES string of the molecule is CC(Nc1cnccc1Cl)c1ccc(NC(N)=O)cc1. The minimum absolute atomic E-state index is 0.0549. The van der Waals surface area contributed by atoms with Crippen molar-refractivity contribution >= 4 is 29.0 Å². The summed E-state index contributed by atoms with van der Waals surface area (Å²) in [7, 11) is 0. The van der Waals surface area contributed by atoms with Crippen LogP contribution < -0.4 is 16.4 Å². The highest BCUT2D eigenvalue weighted by Gasteiger charge is 2.08. The molecule has 1 unspecified atom stereocenters. The summed E-state index contributed by atoms with van der Waals surface area (Å²) in [6.45, 7) is 2.01. The van der Waals surface area contributed by atoms with Gasteiger partial charge in [0.15, 0.2) is 0 Å². The number of carbonyl (C=O) groups is 1. The van der Waals surface area contributed by atoms with Crippen LogP contribution >= 0.6 is 11.6 Å². The van der Waals surface area contributed by atoms with Gasteiger partial charge in [-0.3, -0.25) is 4.98 Å². The maximum absolute atomic E-state index is 10.7. The predicted molar refractivity (Wildman–Crippen MR) is 80.9 cm³/mol. The number of amides is 2. The second kappa shape index (κ2) is 6.25. The number of rotatable bonds is 4. The van der Waals surface area contributed by atoms with Gasteiger partial charge in [0.25, 0.3) is 0 Å². The third kappa shape index (κ3) is 3.61. The largest absolute Gasteiger partial charge is 0.376 e. The van der Waals surface area contributed by atoms with Crippen molar-refractivity contribution in [3.8, 4) is 0 Å². The molecule has 104 valence electrons. The molecule has 2 rings (SSSR count). The molecule has 0 aliphatic heterocycles. The molecule has 0 bridgehead atoms. The Bertz CT molecular complexity index is 600. The van der Waals surface area contributed by atoms with Crippen LogP contribution in [0.4, 0.5) is 16.2 Å². The molecule has 2 amide bonds. The highest BCUT2D eigenvalue weighted by molar-refractivity contribution is 6.33. The molecule has 5 nitrogen and oxygen atoms in total. The summed E-state index contributed by atoms with van der Waals surface area (Å²) in [5.74, 6) is 0. The molecule has 0 aliphatic rings. The van der Waals surface area contributed by atoms with Crippen molar-refractivity contribution in [3.63, 3.8) is 0 Å². The second-order valence-electron chi connectivity index (χ2n) is 4.33. The number of anilines is 2. The summed E-state index contributed by atoms with van der Waals surface area (Å²) >= 11 is 6.07. The number of aromatic nitrogens is 1. The number of hydrogen-bond donors (Lipinski definition) is 3.